The highest BCUT2D eigenvalue weighted by molar-refractivity contribution is 9.10. The maximum Gasteiger partial charge on any atom is 0.282 e. The lowest BCUT2D eigenvalue weighted by Gasteiger charge is -2.15. The van der Waals surface area contributed by atoms with E-state index in [0.29, 0.717) is 41.4 Å². The van der Waals surface area contributed by atoms with E-state index in [1.54, 1.807) is 12.3 Å². The van der Waals surface area contributed by atoms with E-state index in [2.05, 4.69) is 43.9 Å². The predicted molar refractivity (Wildman–Crippen MR) is 132 cm³/mol. The van der Waals surface area contributed by atoms with Crippen LogP contribution in [0.15, 0.2) is 49.2 Å². The second kappa shape index (κ2) is 10.4. The molecule has 3 rings (SSSR count). The maximum atomic E-state index is 13.3. The third-order valence-corrected chi connectivity index (χ3v) is 6.04. The summed E-state index contributed by atoms with van der Waals surface area (Å²) in [6.45, 7) is 8.99. The molecule has 0 fully saturated rings. The van der Waals surface area contributed by atoms with Crippen molar-refractivity contribution in [2.75, 3.05) is 13.2 Å². The van der Waals surface area contributed by atoms with Crippen LogP contribution in [-0.2, 0) is 0 Å². The van der Waals surface area contributed by atoms with Crippen molar-refractivity contribution in [1.29, 1.82) is 0 Å². The van der Waals surface area contributed by atoms with Crippen LogP contribution < -0.4 is 15.0 Å². The lowest BCUT2D eigenvalue weighted by Crippen LogP contribution is -2.23. The van der Waals surface area contributed by atoms with Gasteiger partial charge in [-0.3, -0.25) is 4.79 Å². The summed E-state index contributed by atoms with van der Waals surface area (Å²) in [7, 11) is 0. The van der Waals surface area contributed by atoms with Crippen molar-refractivity contribution >= 4 is 49.0 Å². The zero-order chi connectivity index (χ0) is 22.5. The van der Waals surface area contributed by atoms with E-state index in [1.165, 1.54) is 4.68 Å². The Labute approximate surface area is 198 Å². The molecule has 0 aliphatic carbocycles. The molecule has 0 aliphatic heterocycles. The molecule has 0 radical (unpaired) electrons. The predicted octanol–water partition coefficient (Wildman–Crippen LogP) is 6.11. The van der Waals surface area contributed by atoms with Gasteiger partial charge in [-0.05, 0) is 66.5 Å². The fourth-order valence-corrected chi connectivity index (χ4v) is 3.87. The first-order chi connectivity index (χ1) is 14.9. The highest BCUT2D eigenvalue weighted by Crippen LogP contribution is 2.33. The van der Waals surface area contributed by atoms with Crippen molar-refractivity contribution in [3.8, 4) is 11.5 Å². The molecule has 0 unspecified atom stereocenters. The normalized spacial score (nSPS) is 12.5. The Bertz CT molecular complexity index is 1170. The summed E-state index contributed by atoms with van der Waals surface area (Å²) in [4.78, 5) is 18.0. The SMILES string of the molecule is CCOc1cc(Br)c(C=Nn2c([C@@H](C)CC)nc3ccc(Br)cc3c2=O)cc1OCC. The Hall–Kier alpha value is -2.19. The van der Waals surface area contributed by atoms with Crippen molar-refractivity contribution in [3.05, 3.63) is 61.0 Å². The Morgan fingerprint density at radius 3 is 2.42 bits per heavy atom. The Morgan fingerprint density at radius 2 is 1.77 bits per heavy atom. The topological polar surface area (TPSA) is 65.7 Å². The zero-order valence-electron chi connectivity index (χ0n) is 18.0. The van der Waals surface area contributed by atoms with Crippen LogP contribution in [-0.4, -0.2) is 29.1 Å². The molecule has 0 aliphatic rings. The molecule has 1 atom stereocenters. The summed E-state index contributed by atoms with van der Waals surface area (Å²) < 4.78 is 14.4. The minimum Gasteiger partial charge on any atom is -0.490 e. The van der Waals surface area contributed by atoms with Gasteiger partial charge < -0.3 is 9.47 Å². The zero-order valence-corrected chi connectivity index (χ0v) is 21.2. The van der Waals surface area contributed by atoms with Crippen molar-refractivity contribution in [2.45, 2.75) is 40.0 Å². The molecule has 2 aromatic carbocycles. The molecular formula is C23H25Br2N3O3. The quantitative estimate of drug-likeness (QED) is 0.317. The van der Waals surface area contributed by atoms with Gasteiger partial charge in [-0.2, -0.15) is 9.78 Å². The molecule has 164 valence electrons. The number of fused-ring (bicyclic) bond motifs is 1. The minimum absolute atomic E-state index is 0.0700. The van der Waals surface area contributed by atoms with Gasteiger partial charge in [0.25, 0.3) is 5.56 Å². The first-order valence-electron chi connectivity index (χ1n) is 10.2. The van der Waals surface area contributed by atoms with Crippen LogP contribution >= 0.6 is 31.9 Å². The molecule has 0 saturated carbocycles. The molecule has 3 aromatic rings. The first kappa shape index (κ1) is 23.5. The van der Waals surface area contributed by atoms with E-state index in [9.17, 15) is 4.79 Å². The Kier molecular flexibility index (Phi) is 7.89. The summed E-state index contributed by atoms with van der Waals surface area (Å²) in [5, 5.41) is 5.05. The van der Waals surface area contributed by atoms with E-state index in [1.807, 2.05) is 45.0 Å². The van der Waals surface area contributed by atoms with E-state index in [0.717, 1.165) is 20.9 Å². The number of aromatic nitrogens is 2. The largest absolute Gasteiger partial charge is 0.490 e. The second-order valence-corrected chi connectivity index (χ2v) is 8.76. The van der Waals surface area contributed by atoms with Gasteiger partial charge in [-0.15, -0.1) is 0 Å². The van der Waals surface area contributed by atoms with Gasteiger partial charge in [0.15, 0.2) is 11.5 Å². The van der Waals surface area contributed by atoms with Crippen LogP contribution in [0.2, 0.25) is 0 Å². The second-order valence-electron chi connectivity index (χ2n) is 6.99. The highest BCUT2D eigenvalue weighted by Gasteiger charge is 2.16. The molecule has 0 spiro atoms. The molecule has 0 N–H and O–H groups in total. The van der Waals surface area contributed by atoms with E-state index < -0.39 is 0 Å². The van der Waals surface area contributed by atoms with Gasteiger partial charge in [0.1, 0.15) is 5.82 Å². The van der Waals surface area contributed by atoms with Gasteiger partial charge in [-0.1, -0.05) is 29.8 Å². The molecule has 31 heavy (non-hydrogen) atoms. The van der Waals surface area contributed by atoms with Crippen molar-refractivity contribution in [3.63, 3.8) is 0 Å². The van der Waals surface area contributed by atoms with Crippen molar-refractivity contribution in [2.24, 2.45) is 5.10 Å². The molecule has 0 bridgehead atoms. The van der Waals surface area contributed by atoms with Crippen LogP contribution in [0.1, 0.15) is 51.4 Å². The molecule has 1 heterocycles. The van der Waals surface area contributed by atoms with Crippen molar-refractivity contribution in [1.82, 2.24) is 9.66 Å². The lowest BCUT2D eigenvalue weighted by atomic mass is 10.1. The summed E-state index contributed by atoms with van der Waals surface area (Å²) in [5.74, 6) is 1.98. The average molecular weight is 551 g/mol. The van der Waals surface area contributed by atoms with Gasteiger partial charge in [0, 0.05) is 20.4 Å². The monoisotopic (exact) mass is 549 g/mol. The summed E-state index contributed by atoms with van der Waals surface area (Å²) in [6.07, 6.45) is 2.48. The smallest absolute Gasteiger partial charge is 0.282 e. The number of hydrogen-bond donors (Lipinski definition) is 0. The van der Waals surface area contributed by atoms with E-state index in [4.69, 9.17) is 14.5 Å². The van der Waals surface area contributed by atoms with Gasteiger partial charge >= 0.3 is 0 Å². The number of nitrogens with zero attached hydrogens (tertiary/aromatic N) is 3. The number of benzene rings is 2. The molecule has 6 nitrogen and oxygen atoms in total. The lowest BCUT2D eigenvalue weighted by molar-refractivity contribution is 0.287. The number of halogens is 2. The van der Waals surface area contributed by atoms with Crippen LogP contribution in [0.4, 0.5) is 0 Å². The molecular weight excluding hydrogens is 526 g/mol. The molecule has 0 saturated heterocycles. The van der Waals surface area contributed by atoms with E-state index in [-0.39, 0.29) is 11.5 Å². The highest BCUT2D eigenvalue weighted by atomic mass is 79.9. The van der Waals surface area contributed by atoms with Crippen LogP contribution in [0.5, 0.6) is 11.5 Å². The van der Waals surface area contributed by atoms with Crippen LogP contribution in [0.25, 0.3) is 10.9 Å². The summed E-state index contributed by atoms with van der Waals surface area (Å²) in [6, 6.07) is 9.20. The van der Waals surface area contributed by atoms with Crippen LogP contribution in [0.3, 0.4) is 0 Å². The van der Waals surface area contributed by atoms with Gasteiger partial charge in [0.2, 0.25) is 0 Å². The molecule has 0 amide bonds. The first-order valence-corrected chi connectivity index (χ1v) is 11.8. The molecule has 1 aromatic heterocycles. The summed E-state index contributed by atoms with van der Waals surface area (Å²) >= 11 is 7.00. The fourth-order valence-electron chi connectivity index (χ4n) is 3.09. The Balaban J connectivity index is 2.15. The van der Waals surface area contributed by atoms with Gasteiger partial charge in [-0.25, -0.2) is 4.98 Å². The number of rotatable bonds is 8. The number of ether oxygens (including phenoxy) is 2. The van der Waals surface area contributed by atoms with Crippen LogP contribution in [0, 0.1) is 0 Å². The van der Waals surface area contributed by atoms with E-state index >= 15 is 0 Å². The standard InChI is InChI=1S/C23H25Br2N3O3/c1-5-14(4)22-27-19-9-8-16(24)11-17(19)23(29)28(22)26-13-15-10-20(30-6-2)21(31-7-3)12-18(15)25/h8-14H,5-7H2,1-4H3/t14-/m0/s1. The third-order valence-electron chi connectivity index (χ3n) is 4.86. The van der Waals surface area contributed by atoms with Crippen molar-refractivity contribution < 1.29 is 9.47 Å². The fraction of sp³-hybridized carbons (Fsp3) is 0.348. The maximum absolute atomic E-state index is 13.3. The number of hydrogen-bond acceptors (Lipinski definition) is 5. The summed E-state index contributed by atoms with van der Waals surface area (Å²) in [5.41, 5.74) is 1.23. The average Bonchev–Trinajstić information content (AvgIpc) is 2.75. The molecule has 8 heteroatoms. The minimum atomic E-state index is -0.204. The Morgan fingerprint density at radius 1 is 1.10 bits per heavy atom. The third kappa shape index (κ3) is 5.18. The van der Waals surface area contributed by atoms with Gasteiger partial charge in [0.05, 0.1) is 30.3 Å².